The van der Waals surface area contributed by atoms with Crippen molar-refractivity contribution in [1.82, 2.24) is 5.32 Å². The smallest absolute Gasteiger partial charge is 0.0223 e. The molecule has 0 radical (unpaired) electrons. The molecule has 1 N–H and O–H groups in total. The van der Waals surface area contributed by atoms with Gasteiger partial charge in [-0.3, -0.25) is 0 Å². The van der Waals surface area contributed by atoms with Crippen molar-refractivity contribution in [3.8, 4) is 0 Å². The van der Waals surface area contributed by atoms with E-state index in [2.05, 4.69) is 25.2 Å². The van der Waals surface area contributed by atoms with Crippen LogP contribution in [0, 0.1) is 0 Å². The van der Waals surface area contributed by atoms with Crippen LogP contribution in [0.25, 0.3) is 0 Å². The van der Waals surface area contributed by atoms with Crippen molar-refractivity contribution in [2.45, 2.75) is 33.1 Å². The summed E-state index contributed by atoms with van der Waals surface area (Å²) in [5, 5.41) is 3.36. The van der Waals surface area contributed by atoms with Crippen LogP contribution < -0.4 is 5.32 Å². The van der Waals surface area contributed by atoms with Crippen molar-refractivity contribution < 1.29 is 0 Å². The summed E-state index contributed by atoms with van der Waals surface area (Å²) in [4.78, 5) is 0. The van der Waals surface area contributed by atoms with Gasteiger partial charge >= 0.3 is 0 Å². The first-order valence-corrected chi connectivity index (χ1v) is 5.21. The number of hydrogen-bond acceptors (Lipinski definition) is 1. The molecular weight excluding hydrogens is 170 g/mol. The monoisotopic (exact) mass is 189 g/mol. The Bertz CT molecular complexity index is 117. The minimum absolute atomic E-state index is 0.800. The number of nitrogens with one attached hydrogen (secondary N) is 1. The molecule has 0 aliphatic rings. The van der Waals surface area contributed by atoms with Crippen molar-refractivity contribution >= 4 is 11.6 Å². The predicted octanol–water partition coefficient (Wildman–Crippen LogP) is 2.95. The van der Waals surface area contributed by atoms with E-state index >= 15 is 0 Å². The minimum Gasteiger partial charge on any atom is -0.313 e. The lowest BCUT2D eigenvalue weighted by molar-refractivity contribution is 0.647. The van der Waals surface area contributed by atoms with Crippen LogP contribution in [0.5, 0.6) is 0 Å². The Morgan fingerprint density at radius 2 is 2.00 bits per heavy atom. The highest BCUT2D eigenvalue weighted by molar-refractivity contribution is 6.17. The second-order valence-corrected chi connectivity index (χ2v) is 3.61. The van der Waals surface area contributed by atoms with E-state index in [0.717, 1.165) is 25.4 Å². The average molecular weight is 190 g/mol. The van der Waals surface area contributed by atoms with Crippen LogP contribution in [0.4, 0.5) is 0 Å². The van der Waals surface area contributed by atoms with E-state index in [4.69, 9.17) is 11.6 Å². The summed E-state index contributed by atoms with van der Waals surface area (Å²) in [6.07, 6.45) is 5.84. The van der Waals surface area contributed by atoms with Crippen LogP contribution in [0.1, 0.15) is 33.1 Å². The maximum atomic E-state index is 5.55. The van der Waals surface area contributed by atoms with Crippen molar-refractivity contribution in [3.63, 3.8) is 0 Å². The van der Waals surface area contributed by atoms with Gasteiger partial charge in [0, 0.05) is 12.4 Å². The highest BCUT2D eigenvalue weighted by atomic mass is 35.5. The Morgan fingerprint density at radius 1 is 1.25 bits per heavy atom. The molecule has 0 aromatic carbocycles. The molecule has 72 valence electrons. The summed E-state index contributed by atoms with van der Waals surface area (Å²) >= 11 is 5.55. The van der Waals surface area contributed by atoms with E-state index in [9.17, 15) is 0 Å². The molecule has 0 saturated heterocycles. The molecule has 1 nitrogen and oxygen atoms in total. The van der Waals surface area contributed by atoms with Gasteiger partial charge in [0.2, 0.25) is 0 Å². The molecule has 0 aliphatic carbocycles. The molecule has 0 rings (SSSR count). The van der Waals surface area contributed by atoms with Crippen LogP contribution in [0.2, 0.25) is 0 Å². The third-order valence-electron chi connectivity index (χ3n) is 1.64. The Hall–Kier alpha value is -0.0100. The summed E-state index contributed by atoms with van der Waals surface area (Å²) in [5.74, 6) is 0.800. The fourth-order valence-corrected chi connectivity index (χ4v) is 1.09. The third-order valence-corrected chi connectivity index (χ3v) is 1.91. The lowest BCUT2D eigenvalue weighted by Gasteiger charge is -2.00. The van der Waals surface area contributed by atoms with Crippen molar-refractivity contribution in [2.24, 2.45) is 0 Å². The third kappa shape index (κ3) is 9.99. The Kier molecular flexibility index (Phi) is 9.07. The van der Waals surface area contributed by atoms with Crippen LogP contribution >= 0.6 is 11.6 Å². The Labute approximate surface area is 81.2 Å². The molecule has 0 bridgehead atoms. The highest BCUT2D eigenvalue weighted by Crippen LogP contribution is 1.95. The zero-order valence-corrected chi connectivity index (χ0v) is 8.95. The van der Waals surface area contributed by atoms with E-state index in [1.54, 1.807) is 0 Å². The molecule has 2 heteroatoms. The van der Waals surface area contributed by atoms with Crippen LogP contribution in [0.3, 0.4) is 0 Å². The molecule has 0 amide bonds. The second kappa shape index (κ2) is 9.08. The highest BCUT2D eigenvalue weighted by Gasteiger charge is 1.86. The molecule has 0 atom stereocenters. The molecule has 0 aliphatic heterocycles. The summed E-state index contributed by atoms with van der Waals surface area (Å²) in [6.45, 7) is 6.36. The zero-order chi connectivity index (χ0) is 9.23. The quantitative estimate of drug-likeness (QED) is 0.369. The van der Waals surface area contributed by atoms with Gasteiger partial charge in [-0.25, -0.2) is 0 Å². The summed E-state index contributed by atoms with van der Waals surface area (Å²) < 4.78 is 0. The first kappa shape index (κ1) is 12.0. The largest absolute Gasteiger partial charge is 0.313 e. The summed E-state index contributed by atoms with van der Waals surface area (Å²) in [6, 6.07) is 0. The number of halogens is 1. The molecule has 0 aromatic heterocycles. The van der Waals surface area contributed by atoms with Gasteiger partial charge in [-0.15, -0.1) is 11.6 Å². The number of rotatable bonds is 7. The number of allylic oxidation sites excluding steroid dienone is 1. The average Bonchev–Trinajstić information content (AvgIpc) is 2.02. The normalized spacial score (nSPS) is 9.92. The molecular formula is C10H20ClN. The van der Waals surface area contributed by atoms with Gasteiger partial charge in [-0.1, -0.05) is 18.1 Å². The fraction of sp³-hybridized carbons (Fsp3) is 0.800. The first-order valence-electron chi connectivity index (χ1n) is 4.67. The molecule has 0 spiro atoms. The fourth-order valence-electron chi connectivity index (χ4n) is 0.900. The lowest BCUT2D eigenvalue weighted by atomic mass is 10.2. The van der Waals surface area contributed by atoms with Gasteiger partial charge in [-0.05, 0) is 33.2 Å². The van der Waals surface area contributed by atoms with Gasteiger partial charge in [0.05, 0.1) is 0 Å². The van der Waals surface area contributed by atoms with Gasteiger partial charge in [0.1, 0.15) is 0 Å². The van der Waals surface area contributed by atoms with Crippen molar-refractivity contribution in [2.75, 3.05) is 19.0 Å². The molecule has 12 heavy (non-hydrogen) atoms. The lowest BCUT2D eigenvalue weighted by Crippen LogP contribution is -2.15. The van der Waals surface area contributed by atoms with Crippen LogP contribution in [-0.2, 0) is 0 Å². The first-order chi connectivity index (χ1) is 5.77. The number of alkyl halides is 1. The minimum atomic E-state index is 0.800. The Balaban J connectivity index is 2.96. The Morgan fingerprint density at radius 3 is 2.58 bits per heavy atom. The van der Waals surface area contributed by atoms with E-state index in [1.165, 1.54) is 18.4 Å². The SMILES string of the molecule is CC(C)=CCNCCCCCCl. The number of unbranched alkanes of at least 4 members (excludes halogenated alkanes) is 2. The topological polar surface area (TPSA) is 12.0 Å². The van der Waals surface area contributed by atoms with Crippen LogP contribution in [0.15, 0.2) is 11.6 Å². The molecule has 0 heterocycles. The van der Waals surface area contributed by atoms with Crippen molar-refractivity contribution in [3.05, 3.63) is 11.6 Å². The molecule has 0 aromatic rings. The standard InChI is InChI=1S/C10H20ClN/c1-10(2)6-9-12-8-5-3-4-7-11/h6,12H,3-5,7-9H2,1-2H3. The molecule has 0 saturated carbocycles. The zero-order valence-electron chi connectivity index (χ0n) is 8.20. The maximum absolute atomic E-state index is 5.55. The van der Waals surface area contributed by atoms with E-state index < -0.39 is 0 Å². The predicted molar refractivity (Wildman–Crippen MR) is 56.9 cm³/mol. The van der Waals surface area contributed by atoms with Crippen LogP contribution in [-0.4, -0.2) is 19.0 Å². The summed E-state index contributed by atoms with van der Waals surface area (Å²) in [5.41, 5.74) is 1.38. The molecule has 0 unspecified atom stereocenters. The van der Waals surface area contributed by atoms with E-state index in [1.807, 2.05) is 0 Å². The van der Waals surface area contributed by atoms with Gasteiger partial charge in [0.25, 0.3) is 0 Å². The van der Waals surface area contributed by atoms with Gasteiger partial charge < -0.3 is 5.32 Å². The summed E-state index contributed by atoms with van der Waals surface area (Å²) in [7, 11) is 0. The van der Waals surface area contributed by atoms with Gasteiger partial charge in [-0.2, -0.15) is 0 Å². The van der Waals surface area contributed by atoms with Gasteiger partial charge in [0.15, 0.2) is 0 Å². The van der Waals surface area contributed by atoms with E-state index in [0.29, 0.717) is 0 Å². The second-order valence-electron chi connectivity index (χ2n) is 3.24. The number of hydrogen-bond donors (Lipinski definition) is 1. The van der Waals surface area contributed by atoms with E-state index in [-0.39, 0.29) is 0 Å². The maximum Gasteiger partial charge on any atom is 0.0223 e. The van der Waals surface area contributed by atoms with Crippen molar-refractivity contribution in [1.29, 1.82) is 0 Å². The molecule has 0 fully saturated rings.